The fraction of sp³-hybridized carbons (Fsp3) is 0.500. The Hall–Kier alpha value is -3.09. The van der Waals surface area contributed by atoms with Crippen molar-refractivity contribution >= 4 is 17.8 Å². The summed E-state index contributed by atoms with van der Waals surface area (Å²) >= 11 is 0. The van der Waals surface area contributed by atoms with Crippen LogP contribution in [-0.2, 0) is 4.74 Å². The standard InChI is InChI=1S/C26H34N4O3/c1-26(2,3)33-25(32)29-18-16-28(17-19-29)23-21(12-9-14-27-23)22-13-7-8-15-30(22)24(31)20-10-5-4-6-11-20/h4-6,9-12,14,22H,7-8,13,15-19H2,1-3H3/t22-/m1/s1. The van der Waals surface area contributed by atoms with E-state index in [1.54, 1.807) is 4.90 Å². The number of amides is 2. The van der Waals surface area contributed by atoms with Crippen LogP contribution in [0.3, 0.4) is 0 Å². The van der Waals surface area contributed by atoms with E-state index in [1.807, 2.05) is 68.3 Å². The zero-order chi connectivity index (χ0) is 23.4. The van der Waals surface area contributed by atoms with E-state index in [-0.39, 0.29) is 18.0 Å². The number of pyridine rings is 1. The zero-order valence-electron chi connectivity index (χ0n) is 19.9. The molecule has 2 saturated heterocycles. The predicted molar refractivity (Wildman–Crippen MR) is 128 cm³/mol. The van der Waals surface area contributed by atoms with Crippen LogP contribution in [0.4, 0.5) is 10.6 Å². The van der Waals surface area contributed by atoms with Gasteiger partial charge in [0.15, 0.2) is 0 Å². The van der Waals surface area contributed by atoms with Crippen molar-refractivity contribution in [2.24, 2.45) is 0 Å². The normalized spacial score (nSPS) is 19.4. The number of carbonyl (C=O) groups is 2. The van der Waals surface area contributed by atoms with Crippen molar-refractivity contribution in [1.29, 1.82) is 0 Å². The quantitative estimate of drug-likeness (QED) is 0.689. The number of piperidine rings is 1. The summed E-state index contributed by atoms with van der Waals surface area (Å²) in [4.78, 5) is 36.5. The fourth-order valence-electron chi connectivity index (χ4n) is 4.61. The third-order valence-electron chi connectivity index (χ3n) is 6.19. The molecule has 2 aromatic rings. The number of aromatic nitrogens is 1. The lowest BCUT2D eigenvalue weighted by Crippen LogP contribution is -2.50. The lowest BCUT2D eigenvalue weighted by atomic mass is 9.94. The average molecular weight is 451 g/mol. The number of benzene rings is 1. The summed E-state index contributed by atoms with van der Waals surface area (Å²) in [5.41, 5.74) is 1.31. The number of hydrogen-bond acceptors (Lipinski definition) is 5. The SMILES string of the molecule is CC(C)(C)OC(=O)N1CCN(c2ncccc2[C@H]2CCCCN2C(=O)c2ccccc2)CC1. The maximum atomic E-state index is 13.3. The highest BCUT2D eigenvalue weighted by molar-refractivity contribution is 5.94. The molecule has 1 aromatic heterocycles. The van der Waals surface area contributed by atoms with Gasteiger partial charge in [0.25, 0.3) is 5.91 Å². The Bertz CT molecular complexity index is 965. The molecular formula is C26H34N4O3. The second kappa shape index (κ2) is 9.81. The van der Waals surface area contributed by atoms with Crippen LogP contribution in [0.2, 0.25) is 0 Å². The maximum absolute atomic E-state index is 13.3. The first kappa shape index (κ1) is 23.1. The van der Waals surface area contributed by atoms with E-state index in [0.717, 1.165) is 42.8 Å². The monoisotopic (exact) mass is 450 g/mol. The van der Waals surface area contributed by atoms with Crippen LogP contribution in [-0.4, -0.2) is 65.1 Å². The molecule has 2 fully saturated rings. The minimum absolute atomic E-state index is 0.000887. The first-order valence-electron chi connectivity index (χ1n) is 11.9. The minimum Gasteiger partial charge on any atom is -0.444 e. The van der Waals surface area contributed by atoms with Crippen molar-refractivity contribution in [3.8, 4) is 0 Å². The van der Waals surface area contributed by atoms with Gasteiger partial charge in [0.2, 0.25) is 0 Å². The third-order valence-corrected chi connectivity index (χ3v) is 6.19. The van der Waals surface area contributed by atoms with Crippen molar-refractivity contribution in [2.75, 3.05) is 37.6 Å². The zero-order valence-corrected chi connectivity index (χ0v) is 19.9. The van der Waals surface area contributed by atoms with Crippen molar-refractivity contribution in [2.45, 2.75) is 51.7 Å². The molecule has 33 heavy (non-hydrogen) atoms. The summed E-state index contributed by atoms with van der Waals surface area (Å²) in [7, 11) is 0. The summed E-state index contributed by atoms with van der Waals surface area (Å²) in [5.74, 6) is 0.990. The Morgan fingerprint density at radius 3 is 2.36 bits per heavy atom. The number of nitrogens with zero attached hydrogens (tertiary/aromatic N) is 4. The first-order chi connectivity index (χ1) is 15.8. The Morgan fingerprint density at radius 2 is 1.67 bits per heavy atom. The molecule has 4 rings (SSSR count). The lowest BCUT2D eigenvalue weighted by Gasteiger charge is -2.40. The second-order valence-corrected chi connectivity index (χ2v) is 9.75. The molecule has 7 heteroatoms. The summed E-state index contributed by atoms with van der Waals surface area (Å²) < 4.78 is 5.53. The van der Waals surface area contributed by atoms with Crippen LogP contribution in [0.1, 0.15) is 62.0 Å². The number of carbonyl (C=O) groups excluding carboxylic acids is 2. The van der Waals surface area contributed by atoms with Crippen LogP contribution >= 0.6 is 0 Å². The molecule has 0 aliphatic carbocycles. The van der Waals surface area contributed by atoms with Gasteiger partial charge in [-0.15, -0.1) is 0 Å². The topological polar surface area (TPSA) is 66.0 Å². The van der Waals surface area contributed by atoms with Gasteiger partial charge in [-0.1, -0.05) is 24.3 Å². The van der Waals surface area contributed by atoms with Crippen LogP contribution in [0.25, 0.3) is 0 Å². The summed E-state index contributed by atoms with van der Waals surface area (Å²) in [6, 6.07) is 13.6. The molecule has 0 N–H and O–H groups in total. The van der Waals surface area contributed by atoms with Gasteiger partial charge in [0.1, 0.15) is 11.4 Å². The first-order valence-corrected chi connectivity index (χ1v) is 11.9. The molecule has 1 atom stereocenters. The van der Waals surface area contributed by atoms with Crippen molar-refractivity contribution in [3.05, 3.63) is 59.8 Å². The van der Waals surface area contributed by atoms with Crippen molar-refractivity contribution < 1.29 is 14.3 Å². The Morgan fingerprint density at radius 1 is 0.939 bits per heavy atom. The summed E-state index contributed by atoms with van der Waals surface area (Å²) in [5, 5.41) is 0. The van der Waals surface area contributed by atoms with Crippen molar-refractivity contribution in [3.63, 3.8) is 0 Å². The summed E-state index contributed by atoms with van der Waals surface area (Å²) in [6.45, 7) is 8.94. The van der Waals surface area contributed by atoms with Crippen LogP contribution < -0.4 is 4.90 Å². The Labute approximate surface area is 196 Å². The highest BCUT2D eigenvalue weighted by Crippen LogP contribution is 2.36. The molecule has 0 saturated carbocycles. The molecule has 2 amide bonds. The van der Waals surface area contributed by atoms with Crippen LogP contribution in [0.15, 0.2) is 48.7 Å². The molecule has 7 nitrogen and oxygen atoms in total. The van der Waals surface area contributed by atoms with E-state index in [0.29, 0.717) is 26.2 Å². The summed E-state index contributed by atoms with van der Waals surface area (Å²) in [6.07, 6.45) is 4.57. The lowest BCUT2D eigenvalue weighted by molar-refractivity contribution is 0.0239. The second-order valence-electron chi connectivity index (χ2n) is 9.75. The Balaban J connectivity index is 1.51. The van der Waals surface area contributed by atoms with Gasteiger partial charge in [-0.25, -0.2) is 9.78 Å². The number of anilines is 1. The smallest absolute Gasteiger partial charge is 0.410 e. The van der Waals surface area contributed by atoms with Gasteiger partial charge >= 0.3 is 6.09 Å². The maximum Gasteiger partial charge on any atom is 0.410 e. The van der Waals surface area contributed by atoms with E-state index in [2.05, 4.69) is 11.0 Å². The highest BCUT2D eigenvalue weighted by atomic mass is 16.6. The molecule has 0 spiro atoms. The highest BCUT2D eigenvalue weighted by Gasteiger charge is 2.33. The van der Waals surface area contributed by atoms with Gasteiger partial charge < -0.3 is 19.4 Å². The third kappa shape index (κ3) is 5.46. The van der Waals surface area contributed by atoms with Gasteiger partial charge in [0, 0.05) is 50.0 Å². The Kier molecular flexibility index (Phi) is 6.86. The number of ether oxygens (including phenoxy) is 1. The van der Waals surface area contributed by atoms with Crippen molar-refractivity contribution in [1.82, 2.24) is 14.8 Å². The van der Waals surface area contributed by atoms with Gasteiger partial charge in [-0.2, -0.15) is 0 Å². The molecular weight excluding hydrogens is 416 g/mol. The van der Waals surface area contributed by atoms with Gasteiger partial charge in [-0.05, 0) is 58.2 Å². The van der Waals surface area contributed by atoms with Crippen LogP contribution in [0, 0.1) is 0 Å². The number of rotatable bonds is 3. The number of likely N-dealkylation sites (tertiary alicyclic amines) is 1. The predicted octanol–water partition coefficient (Wildman–Crippen LogP) is 4.51. The molecule has 2 aliphatic rings. The van der Waals surface area contributed by atoms with E-state index < -0.39 is 5.60 Å². The van der Waals surface area contributed by atoms with E-state index in [9.17, 15) is 9.59 Å². The molecule has 176 valence electrons. The van der Waals surface area contributed by atoms with E-state index in [1.165, 1.54) is 0 Å². The number of piperazine rings is 1. The fourth-order valence-corrected chi connectivity index (χ4v) is 4.61. The van der Waals surface area contributed by atoms with Crippen LogP contribution in [0.5, 0.6) is 0 Å². The molecule has 0 radical (unpaired) electrons. The molecule has 0 unspecified atom stereocenters. The molecule has 1 aromatic carbocycles. The molecule has 3 heterocycles. The average Bonchev–Trinajstić information content (AvgIpc) is 2.83. The van der Waals surface area contributed by atoms with E-state index >= 15 is 0 Å². The molecule has 2 aliphatic heterocycles. The van der Waals surface area contributed by atoms with E-state index in [4.69, 9.17) is 9.72 Å². The number of hydrogen-bond donors (Lipinski definition) is 0. The van der Waals surface area contributed by atoms with Gasteiger partial charge in [-0.3, -0.25) is 4.79 Å². The minimum atomic E-state index is -0.502. The molecule has 0 bridgehead atoms. The van der Waals surface area contributed by atoms with Gasteiger partial charge in [0.05, 0.1) is 6.04 Å². The largest absolute Gasteiger partial charge is 0.444 e.